The number of hydrogen-bond donors (Lipinski definition) is 0. The molecule has 0 aliphatic heterocycles. The fourth-order valence-electron chi connectivity index (χ4n) is 12.6. The Morgan fingerprint density at radius 3 is 0.551 bits per heavy atom. The summed E-state index contributed by atoms with van der Waals surface area (Å²) in [5, 5.41) is 0. The second-order valence-electron chi connectivity index (χ2n) is 27.4. The average molecular weight is 1320 g/mol. The van der Waals surface area contributed by atoms with E-state index >= 15 is 0 Å². The molecule has 0 amide bonds. The third-order valence-corrected chi connectivity index (χ3v) is 19.3. The second kappa shape index (κ2) is 79.2. The monoisotopic (exact) mass is 1320 g/mol. The SMILES string of the molecule is CCCCCCCCCCCCCCCCCCC/C=C/C(CCCCCCCCCCCCCCCC)COS(=O)(=O)[O-].CCCCCCCCCCCCCCCCCCC/C=C/C(CCCCCCCCCCCCCCCC)COS(=O)(=O)[O-].[Ca+2]. The van der Waals surface area contributed by atoms with Crippen LogP contribution in [0.3, 0.4) is 0 Å². The summed E-state index contributed by atoms with van der Waals surface area (Å²) in [6.45, 7) is 9.09. The van der Waals surface area contributed by atoms with Gasteiger partial charge in [-0.3, -0.25) is 8.37 Å². The van der Waals surface area contributed by atoms with Crippen molar-refractivity contribution >= 4 is 58.5 Å². The van der Waals surface area contributed by atoms with Crippen LogP contribution in [0, 0.1) is 11.8 Å². The molecule has 0 spiro atoms. The molecule has 8 nitrogen and oxygen atoms in total. The summed E-state index contributed by atoms with van der Waals surface area (Å²) < 4.78 is 75.1. The minimum Gasteiger partial charge on any atom is -0.726 e. The van der Waals surface area contributed by atoms with Crippen LogP contribution in [0.25, 0.3) is 0 Å². The van der Waals surface area contributed by atoms with Gasteiger partial charge < -0.3 is 9.11 Å². The van der Waals surface area contributed by atoms with E-state index < -0.39 is 20.8 Å². The van der Waals surface area contributed by atoms with Gasteiger partial charge in [-0.1, -0.05) is 437 Å². The van der Waals surface area contributed by atoms with Crippen LogP contribution in [-0.4, -0.2) is 76.9 Å². The van der Waals surface area contributed by atoms with Crippen molar-refractivity contribution < 1.29 is 34.3 Å². The molecule has 0 bridgehead atoms. The van der Waals surface area contributed by atoms with Crippen molar-refractivity contribution in [3.8, 4) is 0 Å². The van der Waals surface area contributed by atoms with Crippen LogP contribution in [0.1, 0.15) is 451 Å². The van der Waals surface area contributed by atoms with Gasteiger partial charge in [0.15, 0.2) is 0 Å². The third kappa shape index (κ3) is 88.5. The van der Waals surface area contributed by atoms with E-state index in [0.29, 0.717) is 0 Å². The molecule has 2 atom stereocenters. The standard InChI is InChI=1S/2C39H78O4S.Ca/c2*1-3-5-7-9-11-13-15-17-19-20-21-22-23-25-27-29-31-33-35-37-39(38-43-44(40,41)42)36-34-32-30-28-26-24-18-16-14-12-10-8-6-4-2;/h2*35,37,39H,3-34,36,38H2,1-2H3,(H,40,41,42);/q;;+2/p-2/b2*37-35+;. The topological polar surface area (TPSA) is 133 Å². The largest absolute Gasteiger partial charge is 2.00 e. The molecule has 0 rings (SSSR count). The molecule has 0 radical (unpaired) electrons. The van der Waals surface area contributed by atoms with Gasteiger partial charge in [0.25, 0.3) is 0 Å². The van der Waals surface area contributed by atoms with E-state index in [4.69, 9.17) is 0 Å². The molecule has 0 saturated heterocycles. The molecule has 89 heavy (non-hydrogen) atoms. The van der Waals surface area contributed by atoms with Crippen molar-refractivity contribution in [2.45, 2.75) is 451 Å². The van der Waals surface area contributed by atoms with E-state index in [1.807, 2.05) is 0 Å². The van der Waals surface area contributed by atoms with E-state index in [-0.39, 0.29) is 62.8 Å². The van der Waals surface area contributed by atoms with Crippen molar-refractivity contribution in [2.24, 2.45) is 11.8 Å². The van der Waals surface area contributed by atoms with Gasteiger partial charge >= 0.3 is 37.7 Å². The first-order valence-electron chi connectivity index (χ1n) is 39.5. The zero-order chi connectivity index (χ0) is 64.5. The third-order valence-electron chi connectivity index (χ3n) is 18.5. The molecule has 0 saturated carbocycles. The zero-order valence-electron chi connectivity index (χ0n) is 60.3. The molecule has 0 aromatic carbocycles. The van der Waals surface area contributed by atoms with Gasteiger partial charge in [0, 0.05) is 11.8 Å². The second-order valence-corrected chi connectivity index (χ2v) is 29.5. The van der Waals surface area contributed by atoms with Gasteiger partial charge in [0.2, 0.25) is 20.8 Å². The fraction of sp³-hybridized carbons (Fsp3) is 0.949. The quantitative estimate of drug-likeness (QED) is 0.0193. The minimum atomic E-state index is -4.63. The van der Waals surface area contributed by atoms with Crippen LogP contribution < -0.4 is 0 Å². The average Bonchev–Trinajstić information content (AvgIpc) is 3.50. The first-order chi connectivity index (χ1) is 43.0. The van der Waals surface area contributed by atoms with Gasteiger partial charge in [-0.05, 0) is 38.5 Å². The molecule has 0 aromatic heterocycles. The van der Waals surface area contributed by atoms with Crippen LogP contribution in [0.4, 0.5) is 0 Å². The van der Waals surface area contributed by atoms with E-state index in [1.165, 1.54) is 385 Å². The maximum Gasteiger partial charge on any atom is 2.00 e. The Morgan fingerprint density at radius 1 is 0.247 bits per heavy atom. The first kappa shape index (κ1) is 93.7. The van der Waals surface area contributed by atoms with Crippen LogP contribution in [0.5, 0.6) is 0 Å². The molecular weight excluding hydrogens is 1170 g/mol. The van der Waals surface area contributed by atoms with Crippen LogP contribution in [0.15, 0.2) is 24.3 Å². The Balaban J connectivity index is -0.00000164. The number of hydrogen-bond acceptors (Lipinski definition) is 8. The summed E-state index contributed by atoms with van der Waals surface area (Å²) >= 11 is 0. The van der Waals surface area contributed by atoms with Gasteiger partial charge in [-0.2, -0.15) is 0 Å². The Kier molecular flexibility index (Phi) is 83.3. The number of unbranched alkanes of at least 4 members (excludes halogenated alkanes) is 60. The van der Waals surface area contributed by atoms with Gasteiger partial charge in [-0.15, -0.1) is 0 Å². The van der Waals surface area contributed by atoms with Crippen molar-refractivity contribution in [2.75, 3.05) is 13.2 Å². The van der Waals surface area contributed by atoms with E-state index in [2.05, 4.69) is 60.4 Å². The van der Waals surface area contributed by atoms with Crippen LogP contribution in [-0.2, 0) is 29.2 Å². The van der Waals surface area contributed by atoms with Crippen molar-refractivity contribution in [3.05, 3.63) is 24.3 Å². The molecular formula is C78H154CaO8S2. The summed E-state index contributed by atoms with van der Waals surface area (Å²) in [7, 11) is -9.25. The molecule has 528 valence electrons. The summed E-state index contributed by atoms with van der Waals surface area (Å²) in [4.78, 5) is 0. The number of allylic oxidation sites excluding steroid dienone is 2. The van der Waals surface area contributed by atoms with Crippen molar-refractivity contribution in [3.63, 3.8) is 0 Å². The summed E-state index contributed by atoms with van der Waals surface area (Å²) in [6.07, 6.45) is 96.5. The normalized spacial score (nSPS) is 12.7. The molecule has 0 fully saturated rings. The summed E-state index contributed by atoms with van der Waals surface area (Å²) in [6, 6.07) is 0. The predicted molar refractivity (Wildman–Crippen MR) is 390 cm³/mol. The van der Waals surface area contributed by atoms with Crippen molar-refractivity contribution in [1.82, 2.24) is 0 Å². The molecule has 0 aromatic rings. The van der Waals surface area contributed by atoms with Crippen LogP contribution >= 0.6 is 0 Å². The predicted octanol–water partition coefficient (Wildman–Crippen LogP) is 26.7. The Hall–Kier alpha value is 0.480. The molecule has 0 aliphatic carbocycles. The van der Waals surface area contributed by atoms with E-state index in [1.54, 1.807) is 0 Å². The smallest absolute Gasteiger partial charge is 0.726 e. The maximum atomic E-state index is 11.0. The number of rotatable bonds is 74. The zero-order valence-corrected chi connectivity index (χ0v) is 64.2. The molecule has 0 N–H and O–H groups in total. The van der Waals surface area contributed by atoms with Gasteiger partial charge in [0.1, 0.15) is 0 Å². The molecule has 2 unspecified atom stereocenters. The van der Waals surface area contributed by atoms with Crippen molar-refractivity contribution in [1.29, 1.82) is 0 Å². The molecule has 0 heterocycles. The van der Waals surface area contributed by atoms with Gasteiger partial charge in [0.05, 0.1) is 13.2 Å². The van der Waals surface area contributed by atoms with E-state index in [0.717, 1.165) is 38.5 Å². The van der Waals surface area contributed by atoms with Crippen LogP contribution in [0.2, 0.25) is 0 Å². The first-order valence-corrected chi connectivity index (χ1v) is 42.2. The Bertz CT molecular complexity index is 1480. The summed E-state index contributed by atoms with van der Waals surface area (Å²) in [5.41, 5.74) is 0. The minimum absolute atomic E-state index is 0. The molecule has 11 heteroatoms. The summed E-state index contributed by atoms with van der Waals surface area (Å²) in [5.74, 6) is 0.0312. The van der Waals surface area contributed by atoms with E-state index in [9.17, 15) is 25.9 Å². The van der Waals surface area contributed by atoms with Gasteiger partial charge in [-0.25, -0.2) is 16.8 Å². The fourth-order valence-corrected chi connectivity index (χ4v) is 13.2. The Labute approximate surface area is 588 Å². The maximum absolute atomic E-state index is 11.0. The molecule has 0 aliphatic rings. The Morgan fingerprint density at radius 2 is 0.393 bits per heavy atom.